The van der Waals surface area contributed by atoms with E-state index in [9.17, 15) is 0 Å². The number of nitrogens with one attached hydrogen (secondary N) is 1. The Hall–Kier alpha value is -1.81. The van der Waals surface area contributed by atoms with E-state index in [0.717, 1.165) is 21.5 Å². The van der Waals surface area contributed by atoms with Crippen LogP contribution in [0.15, 0.2) is 35.8 Å². The number of thiazole rings is 1. The lowest BCUT2D eigenvalue weighted by molar-refractivity contribution is 1.42. The number of anilines is 1. The van der Waals surface area contributed by atoms with Gasteiger partial charge in [-0.15, -0.1) is 11.3 Å². The molecule has 1 aromatic carbocycles. The quantitative estimate of drug-likeness (QED) is 0.655. The molecule has 0 unspecified atom stereocenters. The Morgan fingerprint density at radius 2 is 2.20 bits per heavy atom. The third-order valence-corrected chi connectivity index (χ3v) is 3.14. The van der Waals surface area contributed by atoms with Gasteiger partial charge in [0, 0.05) is 28.0 Å². The Labute approximate surface area is 90.6 Å². The second kappa shape index (κ2) is 3.10. The molecule has 3 aromatic rings. The lowest BCUT2D eigenvalue weighted by atomic mass is 10.2. The van der Waals surface area contributed by atoms with Gasteiger partial charge in [-0.2, -0.15) is 0 Å². The Kier molecular flexibility index (Phi) is 1.76. The lowest BCUT2D eigenvalue weighted by Gasteiger charge is -1.95. The van der Waals surface area contributed by atoms with Crippen LogP contribution in [0.25, 0.3) is 21.5 Å². The van der Waals surface area contributed by atoms with Gasteiger partial charge in [-0.25, -0.2) is 4.98 Å². The van der Waals surface area contributed by atoms with Crippen molar-refractivity contribution >= 4 is 28.1 Å². The SMILES string of the molecule is Nc1cc2cc(-c3nccs3)ccc2[nH]1. The summed E-state index contributed by atoms with van der Waals surface area (Å²) in [6.07, 6.45) is 1.82. The summed E-state index contributed by atoms with van der Waals surface area (Å²) in [6.45, 7) is 0. The standard InChI is InChI=1S/C11H9N3S/c12-10-6-8-5-7(1-2-9(8)14-10)11-13-3-4-15-11/h1-6,14H,12H2. The molecule has 15 heavy (non-hydrogen) atoms. The van der Waals surface area contributed by atoms with Crippen molar-refractivity contribution in [2.75, 3.05) is 5.73 Å². The zero-order chi connectivity index (χ0) is 10.3. The number of nitrogens with two attached hydrogens (primary N) is 1. The molecular weight excluding hydrogens is 206 g/mol. The summed E-state index contributed by atoms with van der Waals surface area (Å²) in [5, 5.41) is 4.14. The van der Waals surface area contributed by atoms with Gasteiger partial charge in [0.15, 0.2) is 0 Å². The van der Waals surface area contributed by atoms with E-state index in [1.165, 1.54) is 0 Å². The summed E-state index contributed by atoms with van der Waals surface area (Å²) < 4.78 is 0. The molecule has 0 saturated carbocycles. The number of fused-ring (bicyclic) bond motifs is 1. The van der Waals surface area contributed by atoms with Crippen LogP contribution < -0.4 is 5.73 Å². The topological polar surface area (TPSA) is 54.7 Å². The Bertz CT molecular complexity index is 595. The molecule has 3 rings (SSSR count). The molecule has 4 heteroatoms. The second-order valence-electron chi connectivity index (χ2n) is 3.36. The monoisotopic (exact) mass is 215 g/mol. The molecule has 2 aromatic heterocycles. The maximum Gasteiger partial charge on any atom is 0.123 e. The number of H-pyrrole nitrogens is 1. The van der Waals surface area contributed by atoms with Crippen LogP contribution in [0.3, 0.4) is 0 Å². The molecule has 0 atom stereocenters. The van der Waals surface area contributed by atoms with Crippen molar-refractivity contribution in [1.82, 2.24) is 9.97 Å². The van der Waals surface area contributed by atoms with Crippen LogP contribution in [-0.2, 0) is 0 Å². The van der Waals surface area contributed by atoms with E-state index in [4.69, 9.17) is 5.73 Å². The van der Waals surface area contributed by atoms with Crippen molar-refractivity contribution in [2.45, 2.75) is 0 Å². The molecule has 0 amide bonds. The normalized spacial score (nSPS) is 10.9. The number of nitrogen functional groups attached to an aromatic ring is 1. The number of benzene rings is 1. The van der Waals surface area contributed by atoms with Crippen molar-refractivity contribution in [3.63, 3.8) is 0 Å². The molecule has 2 heterocycles. The summed E-state index contributed by atoms with van der Waals surface area (Å²) in [4.78, 5) is 7.37. The molecule has 3 nitrogen and oxygen atoms in total. The second-order valence-corrected chi connectivity index (χ2v) is 4.26. The zero-order valence-corrected chi connectivity index (χ0v) is 8.71. The highest BCUT2D eigenvalue weighted by molar-refractivity contribution is 7.13. The Balaban J connectivity index is 2.21. The minimum Gasteiger partial charge on any atom is -0.385 e. The van der Waals surface area contributed by atoms with E-state index in [-0.39, 0.29) is 0 Å². The first kappa shape index (κ1) is 8.49. The number of aromatic amines is 1. The van der Waals surface area contributed by atoms with E-state index >= 15 is 0 Å². The van der Waals surface area contributed by atoms with Crippen LogP contribution in [0.1, 0.15) is 0 Å². The predicted molar refractivity (Wildman–Crippen MR) is 63.8 cm³/mol. The fourth-order valence-corrected chi connectivity index (χ4v) is 2.29. The summed E-state index contributed by atoms with van der Waals surface area (Å²) in [5.41, 5.74) is 7.89. The predicted octanol–water partition coefficient (Wildman–Crippen LogP) is 2.87. The van der Waals surface area contributed by atoms with Crippen LogP contribution in [-0.4, -0.2) is 9.97 Å². The number of nitrogens with zero attached hydrogens (tertiary/aromatic N) is 1. The van der Waals surface area contributed by atoms with E-state index in [2.05, 4.69) is 22.1 Å². The van der Waals surface area contributed by atoms with Crippen molar-refractivity contribution < 1.29 is 0 Å². The van der Waals surface area contributed by atoms with Crippen LogP contribution in [0.5, 0.6) is 0 Å². The van der Waals surface area contributed by atoms with Gasteiger partial charge < -0.3 is 10.7 Å². The van der Waals surface area contributed by atoms with Gasteiger partial charge in [0.2, 0.25) is 0 Å². The van der Waals surface area contributed by atoms with E-state index in [1.807, 2.05) is 23.7 Å². The number of hydrogen-bond donors (Lipinski definition) is 2. The molecule has 74 valence electrons. The largest absolute Gasteiger partial charge is 0.385 e. The summed E-state index contributed by atoms with van der Waals surface area (Å²) >= 11 is 1.64. The molecule has 0 aliphatic rings. The molecule has 0 fully saturated rings. The van der Waals surface area contributed by atoms with Gasteiger partial charge in [0.1, 0.15) is 10.8 Å². The zero-order valence-electron chi connectivity index (χ0n) is 7.90. The molecule has 0 aliphatic heterocycles. The van der Waals surface area contributed by atoms with E-state index in [0.29, 0.717) is 5.82 Å². The molecule has 0 spiro atoms. The Morgan fingerprint density at radius 3 is 3.00 bits per heavy atom. The Morgan fingerprint density at radius 1 is 1.27 bits per heavy atom. The minimum absolute atomic E-state index is 0.696. The van der Waals surface area contributed by atoms with Crippen molar-refractivity contribution in [3.05, 3.63) is 35.8 Å². The van der Waals surface area contributed by atoms with Gasteiger partial charge in [0.25, 0.3) is 0 Å². The maximum absolute atomic E-state index is 5.69. The van der Waals surface area contributed by atoms with Crippen LogP contribution >= 0.6 is 11.3 Å². The van der Waals surface area contributed by atoms with E-state index < -0.39 is 0 Å². The maximum atomic E-state index is 5.69. The average molecular weight is 215 g/mol. The molecule has 0 saturated heterocycles. The minimum atomic E-state index is 0.696. The summed E-state index contributed by atoms with van der Waals surface area (Å²) in [5.74, 6) is 0.696. The van der Waals surface area contributed by atoms with Gasteiger partial charge in [-0.3, -0.25) is 0 Å². The molecule has 0 radical (unpaired) electrons. The summed E-state index contributed by atoms with van der Waals surface area (Å²) in [7, 11) is 0. The number of aromatic nitrogens is 2. The highest BCUT2D eigenvalue weighted by Gasteiger charge is 2.03. The average Bonchev–Trinajstić information content (AvgIpc) is 2.82. The summed E-state index contributed by atoms with van der Waals surface area (Å²) in [6, 6.07) is 8.12. The van der Waals surface area contributed by atoms with Gasteiger partial charge in [-0.05, 0) is 24.3 Å². The number of hydrogen-bond acceptors (Lipinski definition) is 3. The first-order chi connectivity index (χ1) is 7.33. The lowest BCUT2D eigenvalue weighted by Crippen LogP contribution is -1.80. The van der Waals surface area contributed by atoms with Crippen molar-refractivity contribution in [1.29, 1.82) is 0 Å². The fraction of sp³-hybridized carbons (Fsp3) is 0. The first-order valence-corrected chi connectivity index (χ1v) is 5.49. The third-order valence-electron chi connectivity index (χ3n) is 2.32. The van der Waals surface area contributed by atoms with Gasteiger partial charge in [-0.1, -0.05) is 0 Å². The van der Waals surface area contributed by atoms with Gasteiger partial charge >= 0.3 is 0 Å². The van der Waals surface area contributed by atoms with Crippen LogP contribution in [0.4, 0.5) is 5.82 Å². The van der Waals surface area contributed by atoms with E-state index in [1.54, 1.807) is 11.3 Å². The molecular formula is C11H9N3S. The van der Waals surface area contributed by atoms with Crippen molar-refractivity contribution in [2.24, 2.45) is 0 Å². The highest BCUT2D eigenvalue weighted by atomic mass is 32.1. The van der Waals surface area contributed by atoms with Crippen molar-refractivity contribution in [3.8, 4) is 10.6 Å². The molecule has 3 N–H and O–H groups in total. The molecule has 0 aliphatic carbocycles. The fourth-order valence-electron chi connectivity index (χ4n) is 1.65. The van der Waals surface area contributed by atoms with Crippen LogP contribution in [0, 0.1) is 0 Å². The van der Waals surface area contributed by atoms with Crippen LogP contribution in [0.2, 0.25) is 0 Å². The molecule has 0 bridgehead atoms. The smallest absolute Gasteiger partial charge is 0.123 e. The van der Waals surface area contributed by atoms with Gasteiger partial charge in [0.05, 0.1) is 0 Å². The highest BCUT2D eigenvalue weighted by Crippen LogP contribution is 2.26. The first-order valence-electron chi connectivity index (χ1n) is 4.61. The third kappa shape index (κ3) is 1.39. The number of rotatable bonds is 1.